The second kappa shape index (κ2) is 10.1. The molecule has 2 aromatic carbocycles. The molecule has 0 saturated heterocycles. The predicted molar refractivity (Wildman–Crippen MR) is 116 cm³/mol. The first-order chi connectivity index (χ1) is 14.2. The van der Waals surface area contributed by atoms with E-state index in [2.05, 4.69) is 27.5 Å². The molecule has 0 unspecified atom stereocenters. The number of anilines is 2. The molecule has 0 bridgehead atoms. The predicted octanol–water partition coefficient (Wildman–Crippen LogP) is 4.79. The van der Waals surface area contributed by atoms with Crippen molar-refractivity contribution in [2.24, 2.45) is 0 Å². The molecule has 1 aromatic heterocycles. The summed E-state index contributed by atoms with van der Waals surface area (Å²) in [5, 5.41) is 8.83. The highest BCUT2D eigenvalue weighted by Crippen LogP contribution is 2.28. The van der Waals surface area contributed by atoms with Crippen molar-refractivity contribution in [1.82, 2.24) is 10.3 Å². The minimum Gasteiger partial charge on any atom is -0.334 e. The van der Waals surface area contributed by atoms with Gasteiger partial charge in [-0.2, -0.15) is 0 Å². The van der Waals surface area contributed by atoms with Crippen molar-refractivity contribution in [2.45, 2.75) is 9.92 Å². The fourth-order valence-electron chi connectivity index (χ4n) is 2.42. The Bertz CT molecular complexity index is 991. The van der Waals surface area contributed by atoms with Crippen LogP contribution in [-0.2, 0) is 0 Å². The smallest absolute Gasteiger partial charge is 0.319 e. The molecule has 7 heteroatoms. The number of amides is 3. The maximum absolute atomic E-state index is 12.8. The van der Waals surface area contributed by atoms with Gasteiger partial charge in [-0.05, 0) is 48.5 Å². The van der Waals surface area contributed by atoms with Gasteiger partial charge in [0.2, 0.25) is 0 Å². The first-order valence-electron chi connectivity index (χ1n) is 8.91. The topological polar surface area (TPSA) is 83.1 Å². The van der Waals surface area contributed by atoms with Gasteiger partial charge in [0.25, 0.3) is 5.91 Å². The number of hydrogen-bond acceptors (Lipinski definition) is 4. The molecule has 3 aromatic rings. The van der Waals surface area contributed by atoms with Gasteiger partial charge in [0, 0.05) is 29.0 Å². The van der Waals surface area contributed by atoms with Gasteiger partial charge < -0.3 is 16.0 Å². The van der Waals surface area contributed by atoms with Crippen molar-refractivity contribution in [3.8, 4) is 0 Å². The molecule has 29 heavy (non-hydrogen) atoms. The Kier molecular flexibility index (Phi) is 7.02. The van der Waals surface area contributed by atoms with E-state index in [0.29, 0.717) is 28.5 Å². The van der Waals surface area contributed by atoms with Crippen molar-refractivity contribution in [3.05, 3.63) is 91.1 Å². The summed E-state index contributed by atoms with van der Waals surface area (Å²) < 4.78 is 0. The first kappa shape index (κ1) is 20.2. The highest BCUT2D eigenvalue weighted by molar-refractivity contribution is 7.99. The number of pyridine rings is 1. The average molecular weight is 404 g/mol. The third-order valence-corrected chi connectivity index (χ3v) is 4.81. The summed E-state index contributed by atoms with van der Waals surface area (Å²) in [6, 6.07) is 19.8. The fraction of sp³-hybridized carbons (Fsp3) is 0.0455. The molecule has 3 N–H and O–H groups in total. The molecule has 3 rings (SSSR count). The van der Waals surface area contributed by atoms with E-state index in [1.807, 2.05) is 30.3 Å². The van der Waals surface area contributed by atoms with E-state index in [0.717, 1.165) is 4.90 Å². The number of nitrogens with one attached hydrogen (secondary N) is 3. The molecule has 0 aliphatic carbocycles. The zero-order chi connectivity index (χ0) is 20.5. The second-order valence-electron chi connectivity index (χ2n) is 5.93. The Balaban J connectivity index is 1.66. The van der Waals surface area contributed by atoms with Crippen molar-refractivity contribution in [2.75, 3.05) is 17.2 Å². The third kappa shape index (κ3) is 5.95. The summed E-state index contributed by atoms with van der Waals surface area (Å²) in [6.07, 6.45) is 3.26. The summed E-state index contributed by atoms with van der Waals surface area (Å²) in [7, 11) is 0. The number of rotatable bonds is 7. The lowest BCUT2D eigenvalue weighted by Crippen LogP contribution is -2.28. The van der Waals surface area contributed by atoms with Crippen molar-refractivity contribution in [3.63, 3.8) is 0 Å². The van der Waals surface area contributed by atoms with Gasteiger partial charge in [0.1, 0.15) is 5.03 Å². The quantitative estimate of drug-likeness (QED) is 0.494. The highest BCUT2D eigenvalue weighted by Gasteiger charge is 2.14. The normalized spacial score (nSPS) is 10.1. The van der Waals surface area contributed by atoms with Gasteiger partial charge >= 0.3 is 6.03 Å². The molecule has 0 atom stereocenters. The summed E-state index contributed by atoms with van der Waals surface area (Å²) in [4.78, 5) is 29.8. The third-order valence-electron chi connectivity index (χ3n) is 3.78. The molecule has 0 spiro atoms. The van der Waals surface area contributed by atoms with Crippen LogP contribution in [0.15, 0.2) is 95.5 Å². The van der Waals surface area contributed by atoms with Gasteiger partial charge in [0.15, 0.2) is 0 Å². The SMILES string of the molecule is C=CCNC(=O)Nc1ccc(NC(=O)c2cccnc2Sc2ccccc2)cc1. The maximum atomic E-state index is 12.8. The summed E-state index contributed by atoms with van der Waals surface area (Å²) >= 11 is 1.44. The van der Waals surface area contributed by atoms with E-state index in [1.165, 1.54) is 11.8 Å². The molecule has 0 fully saturated rings. The Morgan fingerprint density at radius 2 is 1.62 bits per heavy atom. The number of urea groups is 1. The average Bonchev–Trinajstić information content (AvgIpc) is 2.75. The Morgan fingerprint density at radius 1 is 0.931 bits per heavy atom. The first-order valence-corrected chi connectivity index (χ1v) is 9.72. The number of hydrogen-bond donors (Lipinski definition) is 3. The number of carbonyl (C=O) groups is 2. The van der Waals surface area contributed by atoms with Crippen molar-refractivity contribution < 1.29 is 9.59 Å². The second-order valence-corrected chi connectivity index (χ2v) is 6.99. The fourth-order valence-corrected chi connectivity index (χ4v) is 3.32. The van der Waals surface area contributed by atoms with E-state index in [9.17, 15) is 9.59 Å². The standard InChI is InChI=1S/C22H20N4O2S/c1-2-14-24-22(28)26-17-12-10-16(11-13-17)25-20(27)19-9-6-15-23-21(19)29-18-7-4-3-5-8-18/h2-13,15H,1,14H2,(H,25,27)(H2,24,26,28). The van der Waals surface area contributed by atoms with Gasteiger partial charge in [-0.15, -0.1) is 6.58 Å². The van der Waals surface area contributed by atoms with Crippen LogP contribution in [0.2, 0.25) is 0 Å². The van der Waals surface area contributed by atoms with Gasteiger partial charge in [-0.25, -0.2) is 9.78 Å². The Hall–Kier alpha value is -3.58. The van der Waals surface area contributed by atoms with Crippen LogP contribution >= 0.6 is 11.8 Å². The lowest BCUT2D eigenvalue weighted by molar-refractivity contribution is 0.102. The van der Waals surface area contributed by atoms with Crippen LogP contribution < -0.4 is 16.0 Å². The van der Waals surface area contributed by atoms with Crippen LogP contribution in [0.4, 0.5) is 16.2 Å². The molecule has 6 nitrogen and oxygen atoms in total. The van der Waals surface area contributed by atoms with Gasteiger partial charge in [0.05, 0.1) is 5.56 Å². The zero-order valence-electron chi connectivity index (χ0n) is 15.6. The number of carbonyl (C=O) groups excluding carboxylic acids is 2. The van der Waals surface area contributed by atoms with Gasteiger partial charge in [-0.3, -0.25) is 4.79 Å². The van der Waals surface area contributed by atoms with E-state index < -0.39 is 0 Å². The van der Waals surface area contributed by atoms with Gasteiger partial charge in [-0.1, -0.05) is 36.0 Å². The lowest BCUT2D eigenvalue weighted by Gasteiger charge is -2.10. The zero-order valence-corrected chi connectivity index (χ0v) is 16.4. The largest absolute Gasteiger partial charge is 0.334 e. The minimum absolute atomic E-state index is 0.249. The number of nitrogens with zero attached hydrogens (tertiary/aromatic N) is 1. The summed E-state index contributed by atoms with van der Waals surface area (Å²) in [6.45, 7) is 3.93. The Morgan fingerprint density at radius 3 is 2.31 bits per heavy atom. The van der Waals surface area contributed by atoms with Crippen molar-refractivity contribution in [1.29, 1.82) is 0 Å². The summed E-state index contributed by atoms with van der Waals surface area (Å²) in [5.74, 6) is -0.249. The maximum Gasteiger partial charge on any atom is 0.319 e. The monoisotopic (exact) mass is 404 g/mol. The van der Waals surface area contributed by atoms with Crippen molar-refractivity contribution >= 4 is 35.1 Å². The molecular weight excluding hydrogens is 384 g/mol. The van der Waals surface area contributed by atoms with Crippen LogP contribution in [0.1, 0.15) is 10.4 Å². The van der Waals surface area contributed by atoms with E-state index >= 15 is 0 Å². The van der Waals surface area contributed by atoms with Crippen LogP contribution in [0, 0.1) is 0 Å². The van der Waals surface area contributed by atoms with Crippen LogP contribution in [0.3, 0.4) is 0 Å². The molecule has 0 radical (unpaired) electrons. The molecular formula is C22H20N4O2S. The van der Waals surface area contributed by atoms with E-state index in [1.54, 1.807) is 48.7 Å². The number of aromatic nitrogens is 1. The molecule has 146 valence electrons. The van der Waals surface area contributed by atoms with E-state index in [-0.39, 0.29) is 11.9 Å². The molecule has 1 heterocycles. The van der Waals surface area contributed by atoms with Crippen LogP contribution in [0.5, 0.6) is 0 Å². The molecule has 0 saturated carbocycles. The van der Waals surface area contributed by atoms with Crippen LogP contribution in [-0.4, -0.2) is 23.5 Å². The lowest BCUT2D eigenvalue weighted by atomic mass is 10.2. The summed E-state index contributed by atoms with van der Waals surface area (Å²) in [5.41, 5.74) is 1.73. The molecule has 0 aliphatic heterocycles. The highest BCUT2D eigenvalue weighted by atomic mass is 32.2. The minimum atomic E-state index is -0.320. The molecule has 3 amide bonds. The van der Waals surface area contributed by atoms with E-state index in [4.69, 9.17) is 0 Å². The van der Waals surface area contributed by atoms with Crippen LogP contribution in [0.25, 0.3) is 0 Å². The Labute approximate surface area is 173 Å². The number of benzene rings is 2. The molecule has 0 aliphatic rings.